The highest BCUT2D eigenvalue weighted by Crippen LogP contribution is 2.18. The molecule has 16 heavy (non-hydrogen) atoms. The number of carbonyl (C=O) groups excluding carboxylic acids is 1. The molecule has 2 aliphatic rings. The molecule has 2 aliphatic heterocycles. The Labute approximate surface area is 97.1 Å². The molecule has 2 N–H and O–H groups in total. The van der Waals surface area contributed by atoms with Gasteiger partial charge in [0.2, 0.25) is 5.91 Å². The fourth-order valence-corrected chi connectivity index (χ4v) is 2.45. The lowest BCUT2D eigenvalue weighted by atomic mass is 10.00. The zero-order valence-corrected chi connectivity index (χ0v) is 10.1. The molecule has 4 nitrogen and oxygen atoms in total. The molecule has 0 aliphatic carbocycles. The highest BCUT2D eigenvalue weighted by atomic mass is 16.5. The predicted molar refractivity (Wildman–Crippen MR) is 62.2 cm³/mol. The molecular weight excluding hydrogens is 204 g/mol. The summed E-state index contributed by atoms with van der Waals surface area (Å²) in [6.07, 6.45) is 5.19. The molecule has 2 heterocycles. The van der Waals surface area contributed by atoms with Crippen molar-refractivity contribution in [3.8, 4) is 0 Å². The van der Waals surface area contributed by atoms with Gasteiger partial charge in [-0.25, -0.2) is 0 Å². The third-order valence-electron chi connectivity index (χ3n) is 3.58. The van der Waals surface area contributed by atoms with Crippen molar-refractivity contribution in [2.45, 2.75) is 50.7 Å². The van der Waals surface area contributed by atoms with Crippen LogP contribution in [0.1, 0.15) is 39.0 Å². The van der Waals surface area contributed by atoms with Gasteiger partial charge in [-0.15, -0.1) is 0 Å². The van der Waals surface area contributed by atoms with Crippen molar-refractivity contribution in [1.29, 1.82) is 0 Å². The summed E-state index contributed by atoms with van der Waals surface area (Å²) in [6, 6.07) is 0. The first-order valence-electron chi connectivity index (χ1n) is 6.34. The van der Waals surface area contributed by atoms with E-state index < -0.39 is 0 Å². The summed E-state index contributed by atoms with van der Waals surface area (Å²) in [5, 5.41) is 6.44. The number of ether oxygens (including phenoxy) is 1. The van der Waals surface area contributed by atoms with Crippen molar-refractivity contribution in [2.24, 2.45) is 0 Å². The molecule has 1 amide bonds. The molecule has 0 bridgehead atoms. The van der Waals surface area contributed by atoms with E-state index in [0.29, 0.717) is 6.54 Å². The summed E-state index contributed by atoms with van der Waals surface area (Å²) in [7, 11) is 0. The van der Waals surface area contributed by atoms with Crippen LogP contribution in [-0.2, 0) is 9.53 Å². The minimum Gasteiger partial charge on any atom is -0.368 e. The van der Waals surface area contributed by atoms with E-state index >= 15 is 0 Å². The van der Waals surface area contributed by atoms with Gasteiger partial charge in [-0.2, -0.15) is 0 Å². The van der Waals surface area contributed by atoms with Crippen LogP contribution in [0.25, 0.3) is 0 Å². The Bertz CT molecular complexity index is 243. The molecule has 2 saturated heterocycles. The molecule has 0 spiro atoms. The highest BCUT2D eigenvalue weighted by molar-refractivity contribution is 5.80. The average Bonchev–Trinajstić information content (AvgIpc) is 2.75. The minimum absolute atomic E-state index is 0.0645. The Hall–Kier alpha value is -0.610. The van der Waals surface area contributed by atoms with Crippen LogP contribution >= 0.6 is 0 Å². The Morgan fingerprint density at radius 3 is 3.00 bits per heavy atom. The van der Waals surface area contributed by atoms with E-state index in [9.17, 15) is 4.79 Å². The first-order valence-corrected chi connectivity index (χ1v) is 6.34. The quantitative estimate of drug-likeness (QED) is 0.749. The summed E-state index contributed by atoms with van der Waals surface area (Å²) in [6.45, 7) is 4.67. The molecule has 92 valence electrons. The molecule has 2 rings (SSSR count). The molecule has 0 aromatic carbocycles. The standard InChI is InChI=1S/C12H22N2O2/c1-12(6-4-7-14-12)9-13-11(15)10-5-2-3-8-16-10/h10,14H,2-9H2,1H3,(H,13,15). The van der Waals surface area contributed by atoms with Crippen molar-refractivity contribution in [1.82, 2.24) is 10.6 Å². The Morgan fingerprint density at radius 2 is 2.38 bits per heavy atom. The lowest BCUT2D eigenvalue weighted by Gasteiger charge is -2.27. The second-order valence-corrected chi connectivity index (χ2v) is 5.16. The van der Waals surface area contributed by atoms with Crippen LogP contribution < -0.4 is 10.6 Å². The second kappa shape index (κ2) is 5.15. The van der Waals surface area contributed by atoms with Crippen molar-refractivity contribution < 1.29 is 9.53 Å². The lowest BCUT2D eigenvalue weighted by Crippen LogP contribution is -2.50. The maximum Gasteiger partial charge on any atom is 0.249 e. The van der Waals surface area contributed by atoms with Gasteiger partial charge in [0.05, 0.1) is 0 Å². The van der Waals surface area contributed by atoms with E-state index in [1.165, 1.54) is 6.42 Å². The van der Waals surface area contributed by atoms with E-state index in [-0.39, 0.29) is 17.6 Å². The van der Waals surface area contributed by atoms with E-state index in [2.05, 4.69) is 17.6 Å². The number of rotatable bonds is 3. The summed E-state index contributed by atoms with van der Waals surface area (Å²) >= 11 is 0. The maximum absolute atomic E-state index is 11.8. The van der Waals surface area contributed by atoms with Crippen molar-refractivity contribution in [3.05, 3.63) is 0 Å². The van der Waals surface area contributed by atoms with E-state index in [4.69, 9.17) is 4.74 Å². The Morgan fingerprint density at radius 1 is 1.50 bits per heavy atom. The minimum atomic E-state index is -0.209. The van der Waals surface area contributed by atoms with Gasteiger partial charge >= 0.3 is 0 Å². The van der Waals surface area contributed by atoms with Crippen molar-refractivity contribution >= 4 is 5.91 Å². The van der Waals surface area contributed by atoms with Crippen molar-refractivity contribution in [2.75, 3.05) is 19.7 Å². The van der Waals surface area contributed by atoms with Crippen LogP contribution in [0.15, 0.2) is 0 Å². The van der Waals surface area contributed by atoms with E-state index in [1.54, 1.807) is 0 Å². The molecular formula is C12H22N2O2. The fraction of sp³-hybridized carbons (Fsp3) is 0.917. The van der Waals surface area contributed by atoms with Crippen LogP contribution in [0.5, 0.6) is 0 Å². The predicted octanol–water partition coefficient (Wildman–Crippen LogP) is 0.814. The molecule has 0 aromatic heterocycles. The van der Waals surface area contributed by atoms with E-state index in [1.807, 2.05) is 0 Å². The van der Waals surface area contributed by atoms with Gasteiger partial charge in [0.25, 0.3) is 0 Å². The van der Waals surface area contributed by atoms with Crippen LogP contribution in [0.3, 0.4) is 0 Å². The van der Waals surface area contributed by atoms with Crippen LogP contribution in [0, 0.1) is 0 Å². The van der Waals surface area contributed by atoms with Gasteiger partial charge in [0.1, 0.15) is 6.10 Å². The molecule has 2 fully saturated rings. The molecule has 0 saturated carbocycles. The number of nitrogens with one attached hydrogen (secondary N) is 2. The average molecular weight is 226 g/mol. The zero-order valence-electron chi connectivity index (χ0n) is 10.1. The summed E-state index contributed by atoms with van der Waals surface area (Å²) in [5.74, 6) is 0.0645. The third-order valence-corrected chi connectivity index (χ3v) is 3.58. The monoisotopic (exact) mass is 226 g/mol. The maximum atomic E-state index is 11.8. The topological polar surface area (TPSA) is 50.4 Å². The SMILES string of the molecule is CC1(CNC(=O)C2CCCCO2)CCCN1. The molecule has 4 heteroatoms. The first kappa shape index (κ1) is 11.9. The zero-order chi connectivity index (χ0) is 11.4. The highest BCUT2D eigenvalue weighted by Gasteiger charge is 2.30. The van der Waals surface area contributed by atoms with Gasteiger partial charge in [-0.1, -0.05) is 0 Å². The largest absolute Gasteiger partial charge is 0.368 e. The van der Waals surface area contributed by atoms with Gasteiger partial charge < -0.3 is 15.4 Å². The van der Waals surface area contributed by atoms with Gasteiger partial charge in [0.15, 0.2) is 0 Å². The van der Waals surface area contributed by atoms with Crippen LogP contribution in [0.2, 0.25) is 0 Å². The summed E-state index contributed by atoms with van der Waals surface area (Å²) in [4.78, 5) is 11.8. The fourth-order valence-electron chi connectivity index (χ4n) is 2.45. The number of carbonyl (C=O) groups is 1. The second-order valence-electron chi connectivity index (χ2n) is 5.16. The number of hydrogen-bond donors (Lipinski definition) is 2. The van der Waals surface area contributed by atoms with Gasteiger partial charge in [0, 0.05) is 18.7 Å². The Balaban J connectivity index is 1.74. The summed E-state index contributed by atoms with van der Waals surface area (Å²) < 4.78 is 5.46. The summed E-state index contributed by atoms with van der Waals surface area (Å²) in [5.41, 5.74) is 0.0876. The van der Waals surface area contributed by atoms with Gasteiger partial charge in [-0.3, -0.25) is 4.79 Å². The first-order chi connectivity index (χ1) is 7.70. The number of amides is 1. The smallest absolute Gasteiger partial charge is 0.249 e. The molecule has 0 radical (unpaired) electrons. The Kier molecular flexibility index (Phi) is 3.82. The van der Waals surface area contributed by atoms with Gasteiger partial charge in [-0.05, 0) is 45.6 Å². The third kappa shape index (κ3) is 2.95. The molecule has 2 atom stereocenters. The van der Waals surface area contributed by atoms with Crippen molar-refractivity contribution in [3.63, 3.8) is 0 Å². The van der Waals surface area contributed by atoms with Crippen LogP contribution in [-0.4, -0.2) is 37.2 Å². The normalized spacial score (nSPS) is 34.9. The van der Waals surface area contributed by atoms with E-state index in [0.717, 1.165) is 38.8 Å². The molecule has 2 unspecified atom stereocenters. The molecule has 0 aromatic rings. The number of hydrogen-bond acceptors (Lipinski definition) is 3. The lowest BCUT2D eigenvalue weighted by molar-refractivity contribution is -0.135. The van der Waals surface area contributed by atoms with Crippen LogP contribution in [0.4, 0.5) is 0 Å².